The van der Waals surface area contributed by atoms with Gasteiger partial charge in [0.15, 0.2) is 0 Å². The van der Waals surface area contributed by atoms with Crippen LogP contribution in [0.25, 0.3) is 10.9 Å². The van der Waals surface area contributed by atoms with E-state index in [1.807, 2.05) is 6.07 Å². The molecule has 2 rings (SSSR count). The number of carboxylic acids is 1. The van der Waals surface area contributed by atoms with Crippen molar-refractivity contribution in [1.82, 2.24) is 4.57 Å². The highest BCUT2D eigenvalue weighted by molar-refractivity contribution is 5.86. The molecular weight excluding hydrogens is 234 g/mol. The Balaban J connectivity index is 2.64. The van der Waals surface area contributed by atoms with Crippen LogP contribution >= 0.6 is 0 Å². The number of rotatable bonds is 4. The number of ether oxygens (including phenoxy) is 1. The molecule has 18 heavy (non-hydrogen) atoms. The van der Waals surface area contributed by atoms with Gasteiger partial charge in [-0.2, -0.15) is 0 Å². The van der Waals surface area contributed by atoms with Crippen molar-refractivity contribution in [2.45, 2.75) is 19.6 Å². The maximum absolute atomic E-state index is 10.8. The van der Waals surface area contributed by atoms with E-state index in [4.69, 9.17) is 9.84 Å². The molecule has 0 saturated heterocycles. The van der Waals surface area contributed by atoms with Crippen molar-refractivity contribution < 1.29 is 19.7 Å². The van der Waals surface area contributed by atoms with E-state index in [2.05, 4.69) is 0 Å². The average Bonchev–Trinajstić information content (AvgIpc) is 2.67. The van der Waals surface area contributed by atoms with Crippen LogP contribution in [0, 0.1) is 0 Å². The first-order valence-corrected chi connectivity index (χ1v) is 5.59. The summed E-state index contributed by atoms with van der Waals surface area (Å²) in [6, 6.07) is 5.39. The Hall–Kier alpha value is -2.01. The Morgan fingerprint density at radius 1 is 1.50 bits per heavy atom. The Labute approximate surface area is 104 Å². The van der Waals surface area contributed by atoms with Crippen LogP contribution in [0.5, 0.6) is 5.75 Å². The number of fused-ring (bicyclic) bond motifs is 1. The Bertz CT molecular complexity index is 586. The minimum absolute atomic E-state index is 0.142. The maximum atomic E-state index is 10.8. The van der Waals surface area contributed by atoms with Crippen LogP contribution in [0.15, 0.2) is 24.4 Å². The second-order valence-corrected chi connectivity index (χ2v) is 4.17. The first-order valence-electron chi connectivity index (χ1n) is 5.59. The van der Waals surface area contributed by atoms with E-state index in [-0.39, 0.29) is 6.54 Å². The minimum atomic E-state index is -0.924. The number of carbonyl (C=O) groups is 1. The van der Waals surface area contributed by atoms with Gasteiger partial charge in [0.1, 0.15) is 12.3 Å². The maximum Gasteiger partial charge on any atom is 0.323 e. The predicted molar refractivity (Wildman–Crippen MR) is 66.8 cm³/mol. The number of hydrogen-bond acceptors (Lipinski definition) is 3. The summed E-state index contributed by atoms with van der Waals surface area (Å²) in [7, 11) is 1.56. The van der Waals surface area contributed by atoms with E-state index in [1.165, 1.54) is 0 Å². The van der Waals surface area contributed by atoms with Crippen molar-refractivity contribution in [3.8, 4) is 5.75 Å². The minimum Gasteiger partial charge on any atom is -0.497 e. The first-order chi connectivity index (χ1) is 8.52. The van der Waals surface area contributed by atoms with Gasteiger partial charge in [-0.05, 0) is 19.1 Å². The molecule has 2 N–H and O–H groups in total. The van der Waals surface area contributed by atoms with Crippen molar-refractivity contribution in [3.05, 3.63) is 30.0 Å². The summed E-state index contributed by atoms with van der Waals surface area (Å²) >= 11 is 0. The Morgan fingerprint density at radius 3 is 2.78 bits per heavy atom. The molecule has 1 unspecified atom stereocenters. The molecule has 1 aromatic heterocycles. The van der Waals surface area contributed by atoms with E-state index in [1.54, 1.807) is 36.9 Å². The van der Waals surface area contributed by atoms with Crippen molar-refractivity contribution in [1.29, 1.82) is 0 Å². The lowest BCUT2D eigenvalue weighted by molar-refractivity contribution is -0.137. The topological polar surface area (TPSA) is 71.7 Å². The van der Waals surface area contributed by atoms with Crippen molar-refractivity contribution >= 4 is 16.9 Å². The molecule has 0 bridgehead atoms. The molecule has 0 aliphatic heterocycles. The normalized spacial score (nSPS) is 12.6. The first kappa shape index (κ1) is 12.4. The zero-order chi connectivity index (χ0) is 13.3. The summed E-state index contributed by atoms with van der Waals surface area (Å²) in [5.41, 5.74) is 1.46. The van der Waals surface area contributed by atoms with Gasteiger partial charge in [-0.15, -0.1) is 0 Å². The van der Waals surface area contributed by atoms with E-state index < -0.39 is 12.1 Å². The number of methoxy groups -OCH3 is 1. The lowest BCUT2D eigenvalue weighted by Crippen LogP contribution is -2.07. The van der Waals surface area contributed by atoms with Crippen molar-refractivity contribution in [2.24, 2.45) is 0 Å². The van der Waals surface area contributed by atoms with E-state index in [9.17, 15) is 9.90 Å². The van der Waals surface area contributed by atoms with Crippen LogP contribution in [-0.2, 0) is 11.3 Å². The molecule has 0 amide bonds. The summed E-state index contributed by atoms with van der Waals surface area (Å²) in [6.07, 6.45) is 1.03. The second kappa shape index (κ2) is 4.70. The quantitative estimate of drug-likeness (QED) is 0.866. The molecule has 0 spiro atoms. The van der Waals surface area contributed by atoms with Gasteiger partial charge < -0.3 is 19.5 Å². The van der Waals surface area contributed by atoms with Gasteiger partial charge in [0.2, 0.25) is 0 Å². The van der Waals surface area contributed by atoms with Gasteiger partial charge in [-0.1, -0.05) is 0 Å². The highest BCUT2D eigenvalue weighted by Crippen LogP contribution is 2.29. The van der Waals surface area contributed by atoms with Crippen LogP contribution in [-0.4, -0.2) is 27.9 Å². The average molecular weight is 249 g/mol. The summed E-state index contributed by atoms with van der Waals surface area (Å²) in [4.78, 5) is 10.8. The lowest BCUT2D eigenvalue weighted by atomic mass is 10.1. The van der Waals surface area contributed by atoms with Gasteiger partial charge in [0, 0.05) is 23.2 Å². The van der Waals surface area contributed by atoms with Crippen LogP contribution in [0.2, 0.25) is 0 Å². The van der Waals surface area contributed by atoms with Gasteiger partial charge >= 0.3 is 5.97 Å². The molecule has 5 nitrogen and oxygen atoms in total. The van der Waals surface area contributed by atoms with Gasteiger partial charge in [0.25, 0.3) is 0 Å². The highest BCUT2D eigenvalue weighted by Gasteiger charge is 2.14. The molecule has 2 aromatic rings. The van der Waals surface area contributed by atoms with Gasteiger partial charge in [-0.3, -0.25) is 4.79 Å². The fourth-order valence-electron chi connectivity index (χ4n) is 2.04. The molecule has 0 radical (unpaired) electrons. The molecule has 1 aromatic carbocycles. The largest absolute Gasteiger partial charge is 0.497 e. The van der Waals surface area contributed by atoms with Gasteiger partial charge in [-0.25, -0.2) is 0 Å². The second-order valence-electron chi connectivity index (χ2n) is 4.17. The van der Waals surface area contributed by atoms with Crippen LogP contribution in [0.1, 0.15) is 18.6 Å². The van der Waals surface area contributed by atoms with E-state index >= 15 is 0 Å². The predicted octanol–water partition coefficient (Wildman–Crippen LogP) is 1.79. The number of benzene rings is 1. The fraction of sp³-hybridized carbons (Fsp3) is 0.308. The number of aliphatic hydroxyl groups is 1. The molecule has 1 heterocycles. The fourth-order valence-corrected chi connectivity index (χ4v) is 2.04. The summed E-state index contributed by atoms with van der Waals surface area (Å²) in [5, 5.41) is 19.4. The SMILES string of the molecule is COc1ccc2c(C(C)O)cn(CC(=O)O)c2c1. The zero-order valence-electron chi connectivity index (χ0n) is 10.3. The van der Waals surface area contributed by atoms with Crippen LogP contribution < -0.4 is 4.74 Å². The monoisotopic (exact) mass is 249 g/mol. The number of aliphatic hydroxyl groups excluding tert-OH is 1. The summed E-state index contributed by atoms with van der Waals surface area (Å²) in [6.45, 7) is 1.51. The molecule has 96 valence electrons. The molecule has 0 aliphatic rings. The van der Waals surface area contributed by atoms with Gasteiger partial charge in [0.05, 0.1) is 18.7 Å². The van der Waals surface area contributed by atoms with Crippen LogP contribution in [0.3, 0.4) is 0 Å². The third-order valence-electron chi connectivity index (χ3n) is 2.88. The Morgan fingerprint density at radius 2 is 2.22 bits per heavy atom. The molecule has 1 atom stereocenters. The summed E-state index contributed by atoms with van der Waals surface area (Å²) < 4.78 is 6.73. The third-order valence-corrected chi connectivity index (χ3v) is 2.88. The lowest BCUT2D eigenvalue weighted by Gasteiger charge is -2.04. The molecule has 5 heteroatoms. The molecule has 0 saturated carbocycles. The summed E-state index contributed by atoms with van der Waals surface area (Å²) in [5.74, 6) is -0.267. The molecule has 0 aliphatic carbocycles. The standard InChI is InChI=1S/C13H15NO4/c1-8(15)11-6-14(7-13(16)17)12-5-9(18-2)3-4-10(11)12/h3-6,8,15H,7H2,1-2H3,(H,16,17). The van der Waals surface area contributed by atoms with Crippen molar-refractivity contribution in [3.63, 3.8) is 0 Å². The van der Waals surface area contributed by atoms with Crippen LogP contribution in [0.4, 0.5) is 0 Å². The van der Waals surface area contributed by atoms with Crippen molar-refractivity contribution in [2.75, 3.05) is 7.11 Å². The number of nitrogens with zero attached hydrogens (tertiary/aromatic N) is 1. The molecule has 0 fully saturated rings. The zero-order valence-corrected chi connectivity index (χ0v) is 10.3. The van der Waals surface area contributed by atoms with E-state index in [0.717, 1.165) is 10.9 Å². The number of aliphatic carboxylic acids is 1. The smallest absolute Gasteiger partial charge is 0.323 e. The number of aromatic nitrogens is 1. The number of carboxylic acid groups (broad SMARTS) is 1. The van der Waals surface area contributed by atoms with E-state index in [0.29, 0.717) is 11.3 Å². The molecular formula is C13H15NO4. The highest BCUT2D eigenvalue weighted by atomic mass is 16.5. The third kappa shape index (κ3) is 2.17. The number of hydrogen-bond donors (Lipinski definition) is 2. The Kier molecular flexibility index (Phi) is 3.25.